The van der Waals surface area contributed by atoms with Crippen molar-refractivity contribution in [1.82, 2.24) is 41.1 Å². The Bertz CT molecular complexity index is 1400. The molecule has 1 saturated heterocycles. The normalized spacial score (nSPS) is 13.8. The molecule has 3 aromatic heterocycles. The van der Waals surface area contributed by atoms with Gasteiger partial charge in [0.2, 0.25) is 0 Å². The molecule has 12 nitrogen and oxygen atoms in total. The minimum atomic E-state index is -0.523. The highest BCUT2D eigenvalue weighted by atomic mass is 32.1. The quantitative estimate of drug-likeness (QED) is 0.255. The van der Waals surface area contributed by atoms with Crippen molar-refractivity contribution in [3.05, 3.63) is 69.9 Å². The van der Waals surface area contributed by atoms with Crippen LogP contribution in [0.3, 0.4) is 0 Å². The van der Waals surface area contributed by atoms with Crippen LogP contribution >= 0.6 is 11.3 Å². The third kappa shape index (κ3) is 5.67. The van der Waals surface area contributed by atoms with Gasteiger partial charge in [0.15, 0.2) is 11.5 Å². The number of hydrogen-bond donors (Lipinski definition) is 5. The van der Waals surface area contributed by atoms with Crippen molar-refractivity contribution in [3.63, 3.8) is 0 Å². The molecule has 0 radical (unpaired) electrons. The molecule has 1 aliphatic rings. The Labute approximate surface area is 215 Å². The molecular formula is C24H25N9O3S. The number of urea groups is 1. The van der Waals surface area contributed by atoms with Gasteiger partial charge in [-0.1, -0.05) is 30.3 Å². The van der Waals surface area contributed by atoms with Gasteiger partial charge in [0.05, 0.1) is 10.7 Å². The lowest BCUT2D eigenvalue weighted by atomic mass is 9.98. The van der Waals surface area contributed by atoms with E-state index >= 15 is 0 Å². The number of thiazole rings is 1. The van der Waals surface area contributed by atoms with Crippen LogP contribution in [0.5, 0.6) is 0 Å². The summed E-state index contributed by atoms with van der Waals surface area (Å²) in [6, 6.07) is 12.9. The Morgan fingerprint density at radius 2 is 1.70 bits per heavy atom. The predicted octanol–water partition coefficient (Wildman–Crippen LogP) is 3.05. The number of nitrogens with zero attached hydrogens (tertiary/aromatic N) is 4. The fraction of sp³-hybridized carbons (Fsp3) is 0.250. The van der Waals surface area contributed by atoms with E-state index < -0.39 is 11.8 Å². The number of anilines is 1. The number of likely N-dealkylation sites (tertiary alicyclic amines) is 1. The van der Waals surface area contributed by atoms with Gasteiger partial charge in [-0.05, 0) is 31.4 Å². The average molecular weight is 520 g/mol. The van der Waals surface area contributed by atoms with Gasteiger partial charge in [-0.15, -0.1) is 11.3 Å². The highest BCUT2D eigenvalue weighted by Gasteiger charge is 2.27. The van der Waals surface area contributed by atoms with Crippen LogP contribution in [-0.4, -0.2) is 61.2 Å². The number of rotatable bonds is 5. The smallest absolute Gasteiger partial charge is 0.323 e. The van der Waals surface area contributed by atoms with Crippen LogP contribution in [0.2, 0.25) is 0 Å². The van der Waals surface area contributed by atoms with Crippen molar-refractivity contribution >= 4 is 35.0 Å². The second-order valence-electron chi connectivity index (χ2n) is 8.64. The largest absolute Gasteiger partial charge is 0.324 e. The maximum absolute atomic E-state index is 12.7. The highest BCUT2D eigenvalue weighted by molar-refractivity contribution is 7.09. The van der Waals surface area contributed by atoms with Gasteiger partial charge < -0.3 is 4.90 Å². The minimum Gasteiger partial charge on any atom is -0.324 e. The number of hydrogen-bond acceptors (Lipinski definition) is 7. The van der Waals surface area contributed by atoms with Gasteiger partial charge in [-0.25, -0.2) is 9.78 Å². The van der Waals surface area contributed by atoms with Crippen molar-refractivity contribution < 1.29 is 14.4 Å². The lowest BCUT2D eigenvalue weighted by Gasteiger charge is -2.30. The summed E-state index contributed by atoms with van der Waals surface area (Å²) < 4.78 is 0. The Morgan fingerprint density at radius 3 is 2.41 bits per heavy atom. The summed E-state index contributed by atoms with van der Waals surface area (Å²) in [5.74, 6) is -0.415. The number of aromatic amines is 2. The van der Waals surface area contributed by atoms with Crippen molar-refractivity contribution in [2.75, 3.05) is 18.4 Å². The standard InChI is InChI=1S/C24H25N9O3S/c1-14-11-18(29-27-14)21(34)31-32-22(35)19-13-37-23(25-19)16-7-9-33(10-8-16)24(36)26-20-12-17(28-30-20)15-5-3-2-4-6-15/h2-6,11-13,16H,7-10H2,1H3,(H,27,29)(H,31,34)(H,32,35)(H2,26,28,30,36). The molecule has 1 aliphatic heterocycles. The summed E-state index contributed by atoms with van der Waals surface area (Å²) in [6.07, 6.45) is 1.46. The Hall–Kier alpha value is -4.52. The molecule has 0 bridgehead atoms. The molecule has 0 spiro atoms. The molecule has 190 valence electrons. The van der Waals surface area contributed by atoms with Gasteiger partial charge in [0, 0.05) is 36.1 Å². The SMILES string of the molecule is Cc1cc(C(=O)NNC(=O)c2csc(C3CCN(C(=O)Nc4cc(-c5ccccc5)[nH]n4)CC3)n2)n[nH]1. The molecular weight excluding hydrogens is 494 g/mol. The van der Waals surface area contributed by atoms with Crippen molar-refractivity contribution in [2.24, 2.45) is 0 Å². The number of piperidine rings is 1. The second-order valence-corrected chi connectivity index (χ2v) is 9.53. The highest BCUT2D eigenvalue weighted by Crippen LogP contribution is 2.30. The molecule has 0 aliphatic carbocycles. The molecule has 4 heterocycles. The lowest BCUT2D eigenvalue weighted by Crippen LogP contribution is -2.42. The zero-order valence-corrected chi connectivity index (χ0v) is 20.8. The second kappa shape index (κ2) is 10.6. The molecule has 0 saturated carbocycles. The summed E-state index contributed by atoms with van der Waals surface area (Å²) in [4.78, 5) is 43.4. The monoisotopic (exact) mass is 519 g/mol. The number of carbonyl (C=O) groups excluding carboxylic acids is 3. The number of amides is 4. The maximum Gasteiger partial charge on any atom is 0.323 e. The Balaban J connectivity index is 1.10. The van der Waals surface area contributed by atoms with Crippen LogP contribution in [0, 0.1) is 6.92 Å². The van der Waals surface area contributed by atoms with E-state index in [-0.39, 0.29) is 23.3 Å². The fourth-order valence-corrected chi connectivity index (χ4v) is 5.00. The van der Waals surface area contributed by atoms with E-state index in [4.69, 9.17) is 0 Å². The summed E-state index contributed by atoms with van der Waals surface area (Å²) in [6.45, 7) is 2.90. The minimum absolute atomic E-state index is 0.146. The molecule has 5 rings (SSSR count). The van der Waals surface area contributed by atoms with E-state index in [0.717, 1.165) is 34.8 Å². The number of aromatic nitrogens is 5. The van der Waals surface area contributed by atoms with Crippen molar-refractivity contribution in [1.29, 1.82) is 0 Å². The van der Waals surface area contributed by atoms with Crippen LogP contribution in [-0.2, 0) is 0 Å². The molecule has 13 heteroatoms. The lowest BCUT2D eigenvalue weighted by molar-refractivity contribution is 0.0841. The number of H-pyrrole nitrogens is 2. The van der Waals surface area contributed by atoms with Gasteiger partial charge in [-0.2, -0.15) is 10.2 Å². The molecule has 1 fully saturated rings. The van der Waals surface area contributed by atoms with Crippen LogP contribution < -0.4 is 16.2 Å². The van der Waals surface area contributed by atoms with Crippen LogP contribution in [0.1, 0.15) is 50.4 Å². The van der Waals surface area contributed by atoms with Gasteiger partial charge in [0.1, 0.15) is 5.69 Å². The molecule has 0 unspecified atom stereocenters. The summed E-state index contributed by atoms with van der Waals surface area (Å²) in [7, 11) is 0. The molecule has 4 amide bonds. The summed E-state index contributed by atoms with van der Waals surface area (Å²) >= 11 is 1.40. The molecule has 1 aromatic carbocycles. The molecule has 0 atom stereocenters. The topological polar surface area (TPSA) is 161 Å². The van der Waals surface area contributed by atoms with Crippen LogP contribution in [0.15, 0.2) is 47.8 Å². The first-order valence-corrected chi connectivity index (χ1v) is 12.6. The van der Waals surface area contributed by atoms with Crippen molar-refractivity contribution in [2.45, 2.75) is 25.7 Å². The third-order valence-electron chi connectivity index (χ3n) is 6.01. The van der Waals surface area contributed by atoms with Crippen LogP contribution in [0.25, 0.3) is 11.3 Å². The van der Waals surface area contributed by atoms with Gasteiger partial charge in [0.25, 0.3) is 11.8 Å². The molecule has 4 aromatic rings. The molecule has 5 N–H and O–H groups in total. The summed E-state index contributed by atoms with van der Waals surface area (Å²) in [5.41, 5.74) is 7.66. The van der Waals surface area contributed by atoms with Crippen molar-refractivity contribution in [3.8, 4) is 11.3 Å². The van der Waals surface area contributed by atoms with Gasteiger partial charge in [-0.3, -0.25) is 36.0 Å². The van der Waals surface area contributed by atoms with E-state index in [9.17, 15) is 14.4 Å². The van der Waals surface area contributed by atoms with E-state index in [0.29, 0.717) is 18.9 Å². The van der Waals surface area contributed by atoms with Crippen LogP contribution in [0.4, 0.5) is 10.6 Å². The first kappa shape index (κ1) is 24.2. The van der Waals surface area contributed by atoms with Gasteiger partial charge >= 0.3 is 6.03 Å². The maximum atomic E-state index is 12.7. The van der Waals surface area contributed by atoms with E-state index in [2.05, 4.69) is 41.5 Å². The Morgan fingerprint density at radius 1 is 0.973 bits per heavy atom. The number of benzene rings is 1. The first-order chi connectivity index (χ1) is 18.0. The number of hydrazine groups is 1. The zero-order valence-electron chi connectivity index (χ0n) is 19.9. The summed E-state index contributed by atoms with van der Waals surface area (Å²) in [5, 5.41) is 19.0. The zero-order chi connectivity index (χ0) is 25.8. The number of nitrogens with one attached hydrogen (secondary N) is 5. The number of carbonyl (C=O) groups is 3. The Kier molecular flexibility index (Phi) is 6.94. The average Bonchev–Trinajstić information content (AvgIpc) is 3.69. The first-order valence-electron chi connectivity index (χ1n) is 11.7. The molecule has 37 heavy (non-hydrogen) atoms. The third-order valence-corrected chi connectivity index (χ3v) is 7.02. The predicted molar refractivity (Wildman–Crippen MR) is 137 cm³/mol. The number of aryl methyl sites for hydroxylation is 1. The fourth-order valence-electron chi connectivity index (χ4n) is 4.02. The van der Waals surface area contributed by atoms with E-state index in [1.165, 1.54) is 11.3 Å². The van der Waals surface area contributed by atoms with E-state index in [1.807, 2.05) is 30.3 Å². The van der Waals surface area contributed by atoms with E-state index in [1.54, 1.807) is 29.3 Å².